The van der Waals surface area contributed by atoms with Crippen molar-refractivity contribution >= 4 is 23.5 Å². The van der Waals surface area contributed by atoms with E-state index in [0.717, 1.165) is 35.3 Å². The molecule has 0 spiro atoms. The molecule has 0 aromatic carbocycles. The van der Waals surface area contributed by atoms with Gasteiger partial charge in [0, 0.05) is 43.5 Å². The van der Waals surface area contributed by atoms with E-state index in [4.69, 9.17) is 14.4 Å². The van der Waals surface area contributed by atoms with Crippen molar-refractivity contribution in [3.63, 3.8) is 0 Å². The van der Waals surface area contributed by atoms with Crippen LogP contribution in [0.25, 0.3) is 0 Å². The Labute approximate surface area is 193 Å². The van der Waals surface area contributed by atoms with Gasteiger partial charge in [0.05, 0.1) is 11.4 Å². The third kappa shape index (κ3) is 5.68. The summed E-state index contributed by atoms with van der Waals surface area (Å²) in [6.45, 7) is 8.99. The van der Waals surface area contributed by atoms with Crippen LogP contribution < -0.4 is 10.2 Å². The molecule has 1 N–H and O–H groups in total. The Kier molecular flexibility index (Phi) is 6.79. The third-order valence-corrected chi connectivity index (χ3v) is 6.17. The number of furan rings is 1. The van der Waals surface area contributed by atoms with Gasteiger partial charge >= 0.3 is 0 Å². The van der Waals surface area contributed by atoms with Crippen LogP contribution in [-0.4, -0.2) is 33.9 Å². The molecule has 0 atom stereocenters. The van der Waals surface area contributed by atoms with Crippen molar-refractivity contribution in [1.29, 1.82) is 0 Å². The quantitative estimate of drug-likeness (QED) is 0.416. The number of thioether (sulfide) groups is 1. The average molecular weight is 452 g/mol. The van der Waals surface area contributed by atoms with E-state index in [2.05, 4.69) is 42.0 Å². The smallest absolute Gasteiger partial charge is 0.287 e. The van der Waals surface area contributed by atoms with Gasteiger partial charge in [-0.2, -0.15) is 0 Å². The van der Waals surface area contributed by atoms with E-state index in [0.29, 0.717) is 23.8 Å². The summed E-state index contributed by atoms with van der Waals surface area (Å²) in [5, 5.41) is 3.59. The summed E-state index contributed by atoms with van der Waals surface area (Å²) in [6.07, 6.45) is 5.84. The minimum absolute atomic E-state index is 0.0586. The highest BCUT2D eigenvalue weighted by molar-refractivity contribution is 7.98. The van der Waals surface area contributed by atoms with E-state index in [-0.39, 0.29) is 11.3 Å². The van der Waals surface area contributed by atoms with Gasteiger partial charge in [0.15, 0.2) is 10.9 Å². The van der Waals surface area contributed by atoms with Crippen LogP contribution in [0.4, 0.5) is 5.82 Å². The maximum absolute atomic E-state index is 12.4. The van der Waals surface area contributed by atoms with Crippen molar-refractivity contribution in [2.24, 2.45) is 0 Å². The predicted octanol–water partition coefficient (Wildman–Crippen LogP) is 4.58. The molecule has 0 unspecified atom stereocenters. The van der Waals surface area contributed by atoms with Crippen LogP contribution in [0.3, 0.4) is 0 Å². The Morgan fingerprint density at radius 3 is 2.72 bits per heavy atom. The van der Waals surface area contributed by atoms with Gasteiger partial charge in [0.25, 0.3) is 5.91 Å². The first-order valence-corrected chi connectivity index (χ1v) is 11.9. The van der Waals surface area contributed by atoms with Gasteiger partial charge in [0.2, 0.25) is 0 Å². The van der Waals surface area contributed by atoms with Crippen molar-refractivity contribution in [1.82, 2.24) is 20.3 Å². The Balaban J connectivity index is 1.40. The fraction of sp³-hybridized carbons (Fsp3) is 0.417. The van der Waals surface area contributed by atoms with E-state index < -0.39 is 0 Å². The SMILES string of the molecule is CC(C)(C)c1cc(N2CCCC2)nc(SCc2ccc(C(=O)NCc3cccnc3)o2)n1. The Morgan fingerprint density at radius 2 is 2.00 bits per heavy atom. The zero-order valence-electron chi connectivity index (χ0n) is 18.8. The first kappa shape index (κ1) is 22.3. The van der Waals surface area contributed by atoms with Crippen molar-refractivity contribution < 1.29 is 9.21 Å². The maximum Gasteiger partial charge on any atom is 0.287 e. The minimum atomic E-state index is -0.243. The Bertz CT molecular complexity index is 1060. The molecule has 1 saturated heterocycles. The van der Waals surface area contributed by atoms with Gasteiger partial charge in [-0.3, -0.25) is 9.78 Å². The van der Waals surface area contributed by atoms with Crippen LogP contribution >= 0.6 is 11.8 Å². The maximum atomic E-state index is 12.4. The molecule has 3 aromatic rings. The number of rotatable bonds is 7. The number of nitrogens with one attached hydrogen (secondary N) is 1. The van der Waals surface area contributed by atoms with E-state index in [1.807, 2.05) is 18.2 Å². The predicted molar refractivity (Wildman–Crippen MR) is 126 cm³/mol. The topological polar surface area (TPSA) is 84.2 Å². The molecule has 1 aliphatic rings. The van der Waals surface area contributed by atoms with Crippen molar-refractivity contribution in [2.45, 2.75) is 56.5 Å². The van der Waals surface area contributed by atoms with E-state index >= 15 is 0 Å². The molecule has 1 fully saturated rings. The van der Waals surface area contributed by atoms with Gasteiger partial charge < -0.3 is 14.6 Å². The molecule has 4 heterocycles. The van der Waals surface area contributed by atoms with Crippen LogP contribution in [0.15, 0.2) is 52.3 Å². The number of carbonyl (C=O) groups is 1. The molecule has 1 aliphatic heterocycles. The fourth-order valence-electron chi connectivity index (χ4n) is 3.46. The highest BCUT2D eigenvalue weighted by Crippen LogP contribution is 2.29. The fourth-order valence-corrected chi connectivity index (χ4v) is 4.20. The monoisotopic (exact) mass is 451 g/mol. The third-order valence-electron chi connectivity index (χ3n) is 5.30. The van der Waals surface area contributed by atoms with Crippen LogP contribution in [0.2, 0.25) is 0 Å². The molecule has 7 nitrogen and oxygen atoms in total. The zero-order chi connectivity index (χ0) is 22.6. The molecule has 4 rings (SSSR count). The second-order valence-corrected chi connectivity index (χ2v) is 9.88. The summed E-state index contributed by atoms with van der Waals surface area (Å²) < 4.78 is 5.77. The lowest BCUT2D eigenvalue weighted by molar-refractivity contribution is 0.0921. The first-order valence-electron chi connectivity index (χ1n) is 10.9. The second-order valence-electron chi connectivity index (χ2n) is 8.94. The van der Waals surface area contributed by atoms with Crippen molar-refractivity contribution in [3.8, 4) is 0 Å². The van der Waals surface area contributed by atoms with Gasteiger partial charge in [-0.1, -0.05) is 38.6 Å². The molecular weight excluding hydrogens is 422 g/mol. The number of hydrogen-bond acceptors (Lipinski definition) is 7. The molecule has 0 aliphatic carbocycles. The van der Waals surface area contributed by atoms with E-state index in [9.17, 15) is 4.79 Å². The lowest BCUT2D eigenvalue weighted by Crippen LogP contribution is -2.22. The van der Waals surface area contributed by atoms with Gasteiger partial charge in [-0.15, -0.1) is 0 Å². The standard InChI is InChI=1S/C24H29N5O2S/c1-24(2,3)20-13-21(29-11-4-5-12-29)28-23(27-20)32-16-18-8-9-19(31-18)22(30)26-15-17-7-6-10-25-14-17/h6-10,13-14H,4-5,11-12,15-16H2,1-3H3,(H,26,30). The summed E-state index contributed by atoms with van der Waals surface area (Å²) in [6, 6.07) is 9.42. The van der Waals surface area contributed by atoms with Crippen LogP contribution in [0.5, 0.6) is 0 Å². The normalized spacial score (nSPS) is 14.0. The van der Waals surface area contributed by atoms with Gasteiger partial charge in [0.1, 0.15) is 11.6 Å². The zero-order valence-corrected chi connectivity index (χ0v) is 19.6. The number of nitrogens with zero attached hydrogens (tertiary/aromatic N) is 4. The summed E-state index contributed by atoms with van der Waals surface area (Å²) in [4.78, 5) is 28.4. The Hall–Kier alpha value is -2.87. The molecule has 32 heavy (non-hydrogen) atoms. The lowest BCUT2D eigenvalue weighted by atomic mass is 9.92. The molecule has 0 saturated carbocycles. The molecule has 3 aromatic heterocycles. The average Bonchev–Trinajstić information content (AvgIpc) is 3.48. The Morgan fingerprint density at radius 1 is 1.19 bits per heavy atom. The lowest BCUT2D eigenvalue weighted by Gasteiger charge is -2.22. The number of hydrogen-bond donors (Lipinski definition) is 1. The number of aromatic nitrogens is 3. The largest absolute Gasteiger partial charge is 0.455 e. The molecule has 0 bridgehead atoms. The molecule has 1 amide bonds. The van der Waals surface area contributed by atoms with Gasteiger partial charge in [-0.25, -0.2) is 9.97 Å². The molecule has 168 valence electrons. The molecule has 0 radical (unpaired) electrons. The van der Waals surface area contributed by atoms with Crippen molar-refractivity contribution in [2.75, 3.05) is 18.0 Å². The number of amides is 1. The number of pyridine rings is 1. The van der Waals surface area contributed by atoms with Crippen LogP contribution in [-0.2, 0) is 17.7 Å². The van der Waals surface area contributed by atoms with Crippen LogP contribution in [0.1, 0.15) is 61.2 Å². The first-order chi connectivity index (χ1) is 15.4. The van der Waals surface area contributed by atoms with E-state index in [1.54, 1.807) is 18.5 Å². The van der Waals surface area contributed by atoms with Crippen molar-refractivity contribution in [3.05, 3.63) is 65.5 Å². The number of anilines is 1. The summed E-state index contributed by atoms with van der Waals surface area (Å²) in [5.41, 5.74) is 1.91. The molecular formula is C24H29N5O2S. The highest BCUT2D eigenvalue weighted by atomic mass is 32.2. The van der Waals surface area contributed by atoms with Crippen LogP contribution in [0, 0.1) is 0 Å². The second kappa shape index (κ2) is 9.73. The number of carbonyl (C=O) groups excluding carboxylic acids is 1. The summed E-state index contributed by atoms with van der Waals surface area (Å²) >= 11 is 1.53. The summed E-state index contributed by atoms with van der Waals surface area (Å²) in [5.74, 6) is 2.33. The highest BCUT2D eigenvalue weighted by Gasteiger charge is 2.22. The molecule has 8 heteroatoms. The van der Waals surface area contributed by atoms with E-state index in [1.165, 1.54) is 24.6 Å². The van der Waals surface area contributed by atoms with Gasteiger partial charge in [-0.05, 0) is 36.6 Å². The minimum Gasteiger partial charge on any atom is -0.455 e. The summed E-state index contributed by atoms with van der Waals surface area (Å²) in [7, 11) is 0.